The van der Waals surface area contributed by atoms with Gasteiger partial charge in [-0.1, -0.05) is 24.3 Å². The van der Waals surface area contributed by atoms with E-state index in [0.717, 1.165) is 11.5 Å². The number of rotatable bonds is 2. The van der Waals surface area contributed by atoms with Gasteiger partial charge in [-0.15, -0.1) is 0 Å². The van der Waals surface area contributed by atoms with Gasteiger partial charge in [-0.3, -0.25) is 0 Å². The van der Waals surface area contributed by atoms with Gasteiger partial charge in [-0.25, -0.2) is 0 Å². The van der Waals surface area contributed by atoms with Crippen LogP contribution in [0.5, 0.6) is 0 Å². The van der Waals surface area contributed by atoms with E-state index in [1.165, 1.54) is 0 Å². The predicted octanol–water partition coefficient (Wildman–Crippen LogP) is 1.28. The first-order valence-corrected chi connectivity index (χ1v) is 5.06. The summed E-state index contributed by atoms with van der Waals surface area (Å²) < 4.78 is 5.51. The zero-order valence-corrected chi connectivity index (χ0v) is 8.81. The van der Waals surface area contributed by atoms with Gasteiger partial charge in [0.2, 0.25) is 0 Å². The lowest BCUT2D eigenvalue weighted by Crippen LogP contribution is -2.55. The third-order valence-corrected chi connectivity index (χ3v) is 2.73. The van der Waals surface area contributed by atoms with Crippen molar-refractivity contribution in [3.63, 3.8) is 0 Å². The molecule has 0 spiro atoms. The Morgan fingerprint density at radius 1 is 1.40 bits per heavy atom. The van der Waals surface area contributed by atoms with Crippen LogP contribution in [0, 0.1) is 6.92 Å². The van der Waals surface area contributed by atoms with E-state index in [1.54, 1.807) is 0 Å². The standard InChI is InChI=1S/C12H16N2O/c1-9-5-6-10(15-9)8-12(14)7-3-2-4-11(12)13/h2-7,11H,8,13-14H2,1H3. The van der Waals surface area contributed by atoms with Crippen LogP contribution in [0.1, 0.15) is 11.5 Å². The Bertz CT molecular complexity index is 406. The second-order valence-electron chi connectivity index (χ2n) is 4.07. The summed E-state index contributed by atoms with van der Waals surface area (Å²) >= 11 is 0. The lowest BCUT2D eigenvalue weighted by atomic mass is 9.84. The zero-order valence-electron chi connectivity index (χ0n) is 8.81. The number of hydrogen-bond acceptors (Lipinski definition) is 3. The molecule has 3 nitrogen and oxygen atoms in total. The molecule has 0 aliphatic heterocycles. The Balaban J connectivity index is 2.17. The molecule has 15 heavy (non-hydrogen) atoms. The maximum atomic E-state index is 6.22. The van der Waals surface area contributed by atoms with E-state index in [1.807, 2.05) is 43.4 Å². The highest BCUT2D eigenvalue weighted by Gasteiger charge is 2.30. The Hall–Kier alpha value is -1.32. The molecule has 4 N–H and O–H groups in total. The van der Waals surface area contributed by atoms with Crippen LogP contribution in [0.15, 0.2) is 40.9 Å². The van der Waals surface area contributed by atoms with Crippen LogP contribution in [0.2, 0.25) is 0 Å². The molecule has 0 radical (unpaired) electrons. The minimum Gasteiger partial charge on any atom is -0.466 e. The number of aryl methyl sites for hydroxylation is 1. The van der Waals surface area contributed by atoms with E-state index in [-0.39, 0.29) is 6.04 Å². The van der Waals surface area contributed by atoms with E-state index in [2.05, 4.69) is 0 Å². The van der Waals surface area contributed by atoms with E-state index in [0.29, 0.717) is 6.42 Å². The second-order valence-corrected chi connectivity index (χ2v) is 4.07. The van der Waals surface area contributed by atoms with Crippen molar-refractivity contribution in [1.82, 2.24) is 0 Å². The van der Waals surface area contributed by atoms with Crippen molar-refractivity contribution in [3.8, 4) is 0 Å². The summed E-state index contributed by atoms with van der Waals surface area (Å²) in [7, 11) is 0. The highest BCUT2D eigenvalue weighted by Crippen LogP contribution is 2.20. The third kappa shape index (κ3) is 2.03. The normalized spacial score (nSPS) is 29.7. The van der Waals surface area contributed by atoms with Crippen molar-refractivity contribution in [3.05, 3.63) is 48.0 Å². The number of allylic oxidation sites excluding steroid dienone is 2. The molecule has 0 amide bonds. The summed E-state index contributed by atoms with van der Waals surface area (Å²) in [5, 5.41) is 0. The highest BCUT2D eigenvalue weighted by molar-refractivity contribution is 5.28. The second kappa shape index (κ2) is 3.68. The van der Waals surface area contributed by atoms with Crippen molar-refractivity contribution < 1.29 is 4.42 Å². The molecule has 0 aromatic carbocycles. The summed E-state index contributed by atoms with van der Waals surface area (Å²) in [5.74, 6) is 1.78. The fourth-order valence-electron chi connectivity index (χ4n) is 1.77. The van der Waals surface area contributed by atoms with Gasteiger partial charge in [0.25, 0.3) is 0 Å². The van der Waals surface area contributed by atoms with Gasteiger partial charge in [0, 0.05) is 12.5 Å². The average Bonchev–Trinajstić information content (AvgIpc) is 2.57. The van der Waals surface area contributed by atoms with Crippen molar-refractivity contribution in [1.29, 1.82) is 0 Å². The first-order chi connectivity index (χ1) is 7.10. The molecule has 3 heteroatoms. The predicted molar refractivity (Wildman–Crippen MR) is 60.3 cm³/mol. The van der Waals surface area contributed by atoms with Crippen molar-refractivity contribution in [2.75, 3.05) is 0 Å². The van der Waals surface area contributed by atoms with Crippen molar-refractivity contribution in [2.24, 2.45) is 11.5 Å². The molecule has 1 aromatic heterocycles. The lowest BCUT2D eigenvalue weighted by molar-refractivity contribution is 0.400. The molecule has 2 rings (SSSR count). The SMILES string of the molecule is Cc1ccc(CC2(N)C=CC=CC2N)o1. The van der Waals surface area contributed by atoms with Gasteiger partial charge < -0.3 is 15.9 Å². The Morgan fingerprint density at radius 2 is 2.20 bits per heavy atom. The topological polar surface area (TPSA) is 65.2 Å². The smallest absolute Gasteiger partial charge is 0.106 e. The minimum atomic E-state index is -0.529. The van der Waals surface area contributed by atoms with Gasteiger partial charge >= 0.3 is 0 Å². The van der Waals surface area contributed by atoms with Crippen LogP contribution < -0.4 is 11.5 Å². The molecule has 0 fully saturated rings. The monoisotopic (exact) mass is 204 g/mol. The average molecular weight is 204 g/mol. The summed E-state index contributed by atoms with van der Waals surface area (Å²) in [4.78, 5) is 0. The Kier molecular flexibility index (Phi) is 2.50. The summed E-state index contributed by atoms with van der Waals surface area (Å²) in [5.41, 5.74) is 11.7. The summed E-state index contributed by atoms with van der Waals surface area (Å²) in [6, 6.07) is 3.72. The largest absolute Gasteiger partial charge is 0.466 e. The van der Waals surface area contributed by atoms with Gasteiger partial charge in [-0.05, 0) is 19.1 Å². The molecule has 1 aliphatic carbocycles. The van der Waals surface area contributed by atoms with Gasteiger partial charge in [0.1, 0.15) is 11.5 Å². The molecule has 1 aromatic rings. The number of furan rings is 1. The minimum absolute atomic E-state index is 0.159. The fourth-order valence-corrected chi connectivity index (χ4v) is 1.77. The molecule has 2 unspecified atom stereocenters. The fraction of sp³-hybridized carbons (Fsp3) is 0.333. The molecular formula is C12H16N2O. The quantitative estimate of drug-likeness (QED) is 0.762. The van der Waals surface area contributed by atoms with Crippen LogP contribution in [-0.4, -0.2) is 11.6 Å². The molecule has 1 heterocycles. The summed E-state index contributed by atoms with van der Waals surface area (Å²) in [6.07, 6.45) is 8.33. The van der Waals surface area contributed by atoms with E-state index >= 15 is 0 Å². The molecule has 80 valence electrons. The number of nitrogens with two attached hydrogens (primary N) is 2. The van der Waals surface area contributed by atoms with Gasteiger partial charge in [-0.2, -0.15) is 0 Å². The third-order valence-electron chi connectivity index (χ3n) is 2.73. The Morgan fingerprint density at radius 3 is 2.80 bits per heavy atom. The highest BCUT2D eigenvalue weighted by atomic mass is 16.3. The van der Waals surface area contributed by atoms with Crippen LogP contribution in [0.4, 0.5) is 0 Å². The molecule has 1 aliphatic rings. The van der Waals surface area contributed by atoms with Gasteiger partial charge in [0.05, 0.1) is 5.54 Å². The van der Waals surface area contributed by atoms with E-state index < -0.39 is 5.54 Å². The maximum absolute atomic E-state index is 6.22. The number of hydrogen-bond donors (Lipinski definition) is 2. The lowest BCUT2D eigenvalue weighted by Gasteiger charge is -2.31. The molecule has 2 atom stereocenters. The van der Waals surface area contributed by atoms with Crippen LogP contribution in [0.25, 0.3) is 0 Å². The van der Waals surface area contributed by atoms with Crippen LogP contribution >= 0.6 is 0 Å². The summed E-state index contributed by atoms with van der Waals surface area (Å²) in [6.45, 7) is 1.92. The van der Waals surface area contributed by atoms with E-state index in [9.17, 15) is 0 Å². The van der Waals surface area contributed by atoms with E-state index in [4.69, 9.17) is 15.9 Å². The van der Waals surface area contributed by atoms with Crippen molar-refractivity contribution >= 4 is 0 Å². The first kappa shape index (κ1) is 10.2. The molecule has 0 saturated heterocycles. The Labute approximate surface area is 89.4 Å². The molecule has 0 bridgehead atoms. The van der Waals surface area contributed by atoms with Crippen LogP contribution in [0.3, 0.4) is 0 Å². The molecular weight excluding hydrogens is 188 g/mol. The van der Waals surface area contributed by atoms with Crippen molar-refractivity contribution in [2.45, 2.75) is 24.9 Å². The molecule has 0 saturated carbocycles. The van der Waals surface area contributed by atoms with Gasteiger partial charge in [0.15, 0.2) is 0 Å². The maximum Gasteiger partial charge on any atom is 0.106 e. The van der Waals surface area contributed by atoms with Crippen LogP contribution in [-0.2, 0) is 6.42 Å². The first-order valence-electron chi connectivity index (χ1n) is 5.06. The zero-order chi connectivity index (χ0) is 10.9.